The lowest BCUT2D eigenvalue weighted by Crippen LogP contribution is -2.01. The van der Waals surface area contributed by atoms with E-state index >= 15 is 0 Å². The number of nitrogens with zero attached hydrogens (tertiary/aromatic N) is 3. The van der Waals surface area contributed by atoms with Gasteiger partial charge in [0.1, 0.15) is 0 Å². The van der Waals surface area contributed by atoms with Gasteiger partial charge in [0.15, 0.2) is 0 Å². The monoisotopic (exact) mass is 281 g/mol. The molecule has 0 bridgehead atoms. The molecule has 0 aliphatic rings. The molecule has 5 nitrogen and oxygen atoms in total. The Hall–Kier alpha value is -1.39. The van der Waals surface area contributed by atoms with Crippen LogP contribution in [0.1, 0.15) is 70.6 Å². The lowest BCUT2D eigenvalue weighted by atomic mass is 10.1. The largest absolute Gasteiger partial charge is 0.481 e. The van der Waals surface area contributed by atoms with Crippen molar-refractivity contribution < 1.29 is 9.90 Å². The summed E-state index contributed by atoms with van der Waals surface area (Å²) < 4.78 is 0. The van der Waals surface area contributed by atoms with Crippen LogP contribution in [0.2, 0.25) is 0 Å². The predicted molar refractivity (Wildman–Crippen MR) is 78.4 cm³/mol. The fourth-order valence-corrected chi connectivity index (χ4v) is 2.30. The van der Waals surface area contributed by atoms with E-state index in [-0.39, 0.29) is 0 Å². The van der Waals surface area contributed by atoms with Crippen LogP contribution in [0.3, 0.4) is 0 Å². The van der Waals surface area contributed by atoms with Crippen LogP contribution in [0.5, 0.6) is 0 Å². The van der Waals surface area contributed by atoms with Crippen LogP contribution in [0.15, 0.2) is 12.4 Å². The SMILES string of the molecule is O=C(O)CCCCCCCCCCCCn1nccn1. The van der Waals surface area contributed by atoms with Gasteiger partial charge < -0.3 is 5.11 Å². The number of aliphatic carboxylic acids is 1. The van der Waals surface area contributed by atoms with Crippen molar-refractivity contribution in [3.05, 3.63) is 12.4 Å². The van der Waals surface area contributed by atoms with E-state index in [9.17, 15) is 4.79 Å². The van der Waals surface area contributed by atoms with Crippen LogP contribution in [0.4, 0.5) is 0 Å². The van der Waals surface area contributed by atoms with Crippen LogP contribution in [-0.2, 0) is 11.3 Å². The zero-order chi connectivity index (χ0) is 14.5. The van der Waals surface area contributed by atoms with Crippen molar-refractivity contribution in [3.8, 4) is 0 Å². The molecule has 0 atom stereocenters. The van der Waals surface area contributed by atoms with Gasteiger partial charge in [0.05, 0.1) is 18.9 Å². The van der Waals surface area contributed by atoms with Gasteiger partial charge in [0.2, 0.25) is 0 Å². The van der Waals surface area contributed by atoms with Gasteiger partial charge in [0.25, 0.3) is 0 Å². The molecule has 1 rings (SSSR count). The van der Waals surface area contributed by atoms with E-state index < -0.39 is 5.97 Å². The summed E-state index contributed by atoms with van der Waals surface area (Å²) >= 11 is 0. The molecule has 1 heterocycles. The van der Waals surface area contributed by atoms with Crippen molar-refractivity contribution in [2.75, 3.05) is 0 Å². The molecule has 1 N–H and O–H groups in total. The molecule has 20 heavy (non-hydrogen) atoms. The highest BCUT2D eigenvalue weighted by Gasteiger charge is 1.97. The standard InChI is InChI=1S/C15H27N3O2/c19-15(20)11-9-7-5-3-1-2-4-6-8-10-14-18-16-12-13-17-18/h12-13H,1-11,14H2,(H,19,20). The molecule has 0 amide bonds. The lowest BCUT2D eigenvalue weighted by molar-refractivity contribution is -0.137. The third kappa shape index (κ3) is 9.53. The number of carbonyl (C=O) groups is 1. The first kappa shape index (κ1) is 16.7. The first-order chi connectivity index (χ1) is 9.79. The molecule has 0 saturated heterocycles. The second-order valence-electron chi connectivity index (χ2n) is 5.30. The Morgan fingerprint density at radius 3 is 1.75 bits per heavy atom. The number of rotatable bonds is 13. The van der Waals surface area contributed by atoms with Gasteiger partial charge in [-0.15, -0.1) is 0 Å². The van der Waals surface area contributed by atoms with Crippen molar-refractivity contribution in [1.29, 1.82) is 0 Å². The highest BCUT2D eigenvalue weighted by atomic mass is 16.4. The van der Waals surface area contributed by atoms with E-state index in [1.165, 1.54) is 44.9 Å². The molecule has 1 aromatic heterocycles. The summed E-state index contributed by atoms with van der Waals surface area (Å²) in [5.41, 5.74) is 0. The minimum atomic E-state index is -0.671. The zero-order valence-corrected chi connectivity index (χ0v) is 12.3. The van der Waals surface area contributed by atoms with Gasteiger partial charge in [-0.1, -0.05) is 51.4 Å². The third-order valence-corrected chi connectivity index (χ3v) is 3.47. The zero-order valence-electron chi connectivity index (χ0n) is 12.3. The van der Waals surface area contributed by atoms with Crippen molar-refractivity contribution in [3.63, 3.8) is 0 Å². The minimum Gasteiger partial charge on any atom is -0.481 e. The summed E-state index contributed by atoms with van der Waals surface area (Å²) in [6, 6.07) is 0. The number of aryl methyl sites for hydroxylation is 1. The summed E-state index contributed by atoms with van der Waals surface area (Å²) in [4.78, 5) is 12.1. The third-order valence-electron chi connectivity index (χ3n) is 3.47. The van der Waals surface area contributed by atoms with Gasteiger partial charge in [-0.3, -0.25) is 4.79 Å². The number of carboxylic acid groups (broad SMARTS) is 1. The summed E-state index contributed by atoms with van der Waals surface area (Å²) in [6.07, 6.45) is 15.7. The Bertz CT molecular complexity index is 339. The molecule has 0 unspecified atom stereocenters. The van der Waals surface area contributed by atoms with Crippen molar-refractivity contribution in [2.45, 2.75) is 77.2 Å². The molecule has 0 aromatic carbocycles. The fourth-order valence-electron chi connectivity index (χ4n) is 2.30. The quantitative estimate of drug-likeness (QED) is 0.560. The molecule has 0 radical (unpaired) electrons. The van der Waals surface area contributed by atoms with E-state index in [1.54, 1.807) is 17.2 Å². The van der Waals surface area contributed by atoms with Crippen LogP contribution in [0, 0.1) is 0 Å². The van der Waals surface area contributed by atoms with E-state index in [0.29, 0.717) is 6.42 Å². The molecule has 0 aliphatic carbocycles. The van der Waals surface area contributed by atoms with E-state index in [4.69, 9.17) is 5.11 Å². The van der Waals surface area contributed by atoms with Crippen LogP contribution < -0.4 is 0 Å². The number of aromatic nitrogens is 3. The Balaban J connectivity index is 1.73. The maximum Gasteiger partial charge on any atom is 0.303 e. The van der Waals surface area contributed by atoms with Gasteiger partial charge in [-0.2, -0.15) is 15.0 Å². The van der Waals surface area contributed by atoms with Gasteiger partial charge >= 0.3 is 5.97 Å². The maximum absolute atomic E-state index is 10.3. The van der Waals surface area contributed by atoms with E-state index in [1.807, 2.05) is 0 Å². The second kappa shape index (κ2) is 11.4. The first-order valence-electron chi connectivity index (χ1n) is 7.85. The molecular weight excluding hydrogens is 254 g/mol. The molecule has 0 aliphatic heterocycles. The normalized spacial score (nSPS) is 10.8. The number of carboxylic acids is 1. The summed E-state index contributed by atoms with van der Waals surface area (Å²) in [5, 5.41) is 16.7. The molecule has 5 heteroatoms. The predicted octanol–water partition coefficient (Wildman–Crippen LogP) is 3.65. The second-order valence-corrected chi connectivity index (χ2v) is 5.30. The molecule has 0 fully saturated rings. The molecule has 0 spiro atoms. The maximum atomic E-state index is 10.3. The van der Waals surface area contributed by atoms with Gasteiger partial charge in [-0.05, 0) is 12.8 Å². The van der Waals surface area contributed by atoms with Crippen molar-refractivity contribution in [2.24, 2.45) is 0 Å². The average Bonchev–Trinajstić information content (AvgIpc) is 2.93. The fraction of sp³-hybridized carbons (Fsp3) is 0.800. The average molecular weight is 281 g/mol. The molecule has 0 saturated carbocycles. The Morgan fingerprint density at radius 2 is 1.25 bits per heavy atom. The van der Waals surface area contributed by atoms with Crippen molar-refractivity contribution >= 4 is 5.97 Å². The van der Waals surface area contributed by atoms with Gasteiger partial charge in [0, 0.05) is 6.42 Å². The minimum absolute atomic E-state index is 0.325. The van der Waals surface area contributed by atoms with Crippen LogP contribution in [-0.4, -0.2) is 26.1 Å². The Morgan fingerprint density at radius 1 is 0.800 bits per heavy atom. The summed E-state index contributed by atoms with van der Waals surface area (Å²) in [7, 11) is 0. The summed E-state index contributed by atoms with van der Waals surface area (Å²) in [5.74, 6) is -0.671. The van der Waals surface area contributed by atoms with E-state index in [0.717, 1.165) is 25.8 Å². The highest BCUT2D eigenvalue weighted by Crippen LogP contribution is 2.11. The highest BCUT2D eigenvalue weighted by molar-refractivity contribution is 5.66. The smallest absolute Gasteiger partial charge is 0.303 e. The Labute approximate surface area is 121 Å². The lowest BCUT2D eigenvalue weighted by Gasteiger charge is -2.02. The van der Waals surface area contributed by atoms with Crippen LogP contribution >= 0.6 is 0 Å². The number of unbranched alkanes of at least 4 members (excludes halogenated alkanes) is 9. The topological polar surface area (TPSA) is 68.0 Å². The molecule has 114 valence electrons. The Kier molecular flexibility index (Phi) is 9.53. The van der Waals surface area contributed by atoms with E-state index in [2.05, 4.69) is 10.2 Å². The van der Waals surface area contributed by atoms with Crippen LogP contribution in [0.25, 0.3) is 0 Å². The van der Waals surface area contributed by atoms with Crippen molar-refractivity contribution in [1.82, 2.24) is 15.0 Å². The number of hydrogen-bond donors (Lipinski definition) is 1. The first-order valence-corrected chi connectivity index (χ1v) is 7.85. The number of hydrogen-bond acceptors (Lipinski definition) is 3. The summed E-state index contributed by atoms with van der Waals surface area (Å²) in [6.45, 7) is 0.927. The van der Waals surface area contributed by atoms with Gasteiger partial charge in [-0.25, -0.2) is 0 Å². The molecule has 1 aromatic rings. The molecular formula is C15H27N3O2.